The number of aromatic nitrogens is 2. The zero-order chi connectivity index (χ0) is 29.9. The third-order valence-electron chi connectivity index (χ3n) is 6.38. The predicted octanol–water partition coefficient (Wildman–Crippen LogP) is 1.85. The molecule has 1 aromatic heterocycles. The molecule has 1 aliphatic rings. The fraction of sp³-hybridized carbons (Fsp3) is 0.375. The molecule has 1 saturated heterocycles. The molecule has 41 heavy (non-hydrogen) atoms. The number of aliphatic hydroxyl groups excluding tert-OH is 2. The highest BCUT2D eigenvalue weighted by molar-refractivity contribution is 7.52. The smallest absolute Gasteiger partial charge is 0.459 e. The van der Waals surface area contributed by atoms with Crippen LogP contribution in [0.3, 0.4) is 0 Å². The van der Waals surface area contributed by atoms with E-state index in [1.165, 1.54) is 6.07 Å². The zero-order valence-electron chi connectivity index (χ0n) is 21.7. The first-order valence-electron chi connectivity index (χ1n) is 12.2. The molecule has 1 unspecified atom stereocenters. The summed E-state index contributed by atoms with van der Waals surface area (Å²) in [6, 6.07) is 11.3. The van der Waals surface area contributed by atoms with E-state index >= 15 is 0 Å². The number of carboxylic acids is 1. The zero-order valence-corrected chi connectivity index (χ0v) is 22.6. The first-order chi connectivity index (χ1) is 19.4. The minimum absolute atomic E-state index is 0.0651. The summed E-state index contributed by atoms with van der Waals surface area (Å²) in [7, 11) is -4.69. The molecule has 1 aliphatic heterocycles. The highest BCUT2D eigenvalue weighted by Crippen LogP contribution is 2.49. The maximum absolute atomic E-state index is 14.1. The fourth-order valence-corrected chi connectivity index (χ4v) is 5.96. The third-order valence-corrected chi connectivity index (χ3v) is 7.88. The molecule has 0 radical (unpaired) electrons. The molecule has 0 amide bonds. The van der Waals surface area contributed by atoms with Gasteiger partial charge < -0.3 is 24.6 Å². The normalized spacial score (nSPS) is 24.5. The summed E-state index contributed by atoms with van der Waals surface area (Å²) >= 11 is 0. The first kappa shape index (κ1) is 30.0. The largest absolute Gasteiger partial charge is 0.480 e. The number of nitrogens with one attached hydrogen (secondary N) is 2. The van der Waals surface area contributed by atoms with Gasteiger partial charge in [0.05, 0.1) is 6.61 Å². The first-order valence-corrected chi connectivity index (χ1v) is 13.8. The lowest BCUT2D eigenvalue weighted by atomic mass is 10.1. The Balaban J connectivity index is 1.71. The maximum Gasteiger partial charge on any atom is 0.459 e. The molecule has 17 heteroatoms. The standard InChI is InChI=1S/C24H27N6O10P/c1-13(2)18(22(34)35)27-41(37,40-16-9-5-7-14-6-3-4-8-15(14)16)38-12-24(28-29-25)20(33)19(32)21(39-24)30-11-10-17(31)26-23(30)36/h3-11,13,18-21,32-33H,12H2,1-2H3,(H,27,37)(H,34,35)(H,26,31,36)/t18-,19+,20-,21+,24+,41?/m0/s1. The highest BCUT2D eigenvalue weighted by Gasteiger charge is 2.56. The minimum atomic E-state index is -4.69. The van der Waals surface area contributed by atoms with Gasteiger partial charge in [0.15, 0.2) is 6.23 Å². The van der Waals surface area contributed by atoms with Crippen LogP contribution < -0.4 is 20.9 Å². The number of rotatable bonds is 11. The number of aliphatic carboxylic acids is 1. The van der Waals surface area contributed by atoms with Gasteiger partial charge in [-0.3, -0.25) is 23.7 Å². The number of nitrogens with zero attached hydrogens (tertiary/aromatic N) is 4. The van der Waals surface area contributed by atoms with Crippen LogP contribution >= 0.6 is 7.75 Å². The van der Waals surface area contributed by atoms with E-state index in [-0.39, 0.29) is 5.75 Å². The van der Waals surface area contributed by atoms with Crippen molar-refractivity contribution in [1.82, 2.24) is 14.6 Å². The molecule has 16 nitrogen and oxygen atoms in total. The van der Waals surface area contributed by atoms with Crippen molar-refractivity contribution >= 4 is 24.5 Å². The summed E-state index contributed by atoms with van der Waals surface area (Å²) in [6.07, 6.45) is -4.60. The molecule has 4 rings (SSSR count). The van der Waals surface area contributed by atoms with Gasteiger partial charge in [0.25, 0.3) is 5.56 Å². The van der Waals surface area contributed by atoms with Crippen molar-refractivity contribution in [2.45, 2.75) is 44.1 Å². The summed E-state index contributed by atoms with van der Waals surface area (Å²) in [4.78, 5) is 40.3. The van der Waals surface area contributed by atoms with E-state index in [2.05, 4.69) is 15.1 Å². The maximum atomic E-state index is 14.1. The summed E-state index contributed by atoms with van der Waals surface area (Å²) in [5.41, 5.74) is 5.03. The van der Waals surface area contributed by atoms with Gasteiger partial charge in [-0.25, -0.2) is 9.36 Å². The molecule has 0 bridgehead atoms. The van der Waals surface area contributed by atoms with Gasteiger partial charge >= 0.3 is 19.4 Å². The van der Waals surface area contributed by atoms with Gasteiger partial charge in [0, 0.05) is 22.6 Å². The van der Waals surface area contributed by atoms with Crippen LogP contribution in [-0.2, 0) is 18.6 Å². The van der Waals surface area contributed by atoms with Crippen LogP contribution in [0.2, 0.25) is 0 Å². The van der Waals surface area contributed by atoms with Crippen LogP contribution in [-0.4, -0.2) is 61.4 Å². The number of azide groups is 1. The molecule has 2 aromatic carbocycles. The van der Waals surface area contributed by atoms with Crippen LogP contribution in [0.15, 0.2) is 69.4 Å². The predicted molar refractivity (Wildman–Crippen MR) is 143 cm³/mol. The number of aromatic amines is 1. The second-order valence-electron chi connectivity index (χ2n) is 9.52. The number of carbonyl (C=O) groups is 1. The fourth-order valence-electron chi connectivity index (χ4n) is 4.26. The van der Waals surface area contributed by atoms with Crippen LogP contribution in [0.25, 0.3) is 21.2 Å². The van der Waals surface area contributed by atoms with Crippen LogP contribution in [0, 0.1) is 5.92 Å². The Morgan fingerprint density at radius 3 is 2.61 bits per heavy atom. The second kappa shape index (κ2) is 11.8. The Morgan fingerprint density at radius 2 is 1.95 bits per heavy atom. The number of ether oxygens (including phenoxy) is 1. The Labute approximate surface area is 231 Å². The number of hydrogen-bond donors (Lipinski definition) is 5. The van der Waals surface area contributed by atoms with Crippen LogP contribution in [0.4, 0.5) is 0 Å². The van der Waals surface area contributed by atoms with E-state index in [0.29, 0.717) is 10.8 Å². The minimum Gasteiger partial charge on any atom is -0.480 e. The number of benzene rings is 2. The molecule has 3 aromatic rings. The van der Waals surface area contributed by atoms with Crippen molar-refractivity contribution in [1.29, 1.82) is 0 Å². The molecule has 0 spiro atoms. The quantitative estimate of drug-likeness (QED) is 0.0934. The lowest BCUT2D eigenvalue weighted by Crippen LogP contribution is -2.46. The molecule has 0 saturated carbocycles. The van der Waals surface area contributed by atoms with E-state index in [0.717, 1.165) is 16.8 Å². The number of carboxylic acid groups (broad SMARTS) is 1. The Bertz CT molecular complexity index is 1650. The highest BCUT2D eigenvalue weighted by atomic mass is 31.2. The van der Waals surface area contributed by atoms with Gasteiger partial charge in [-0.05, 0) is 22.9 Å². The second-order valence-corrected chi connectivity index (χ2v) is 11.2. The summed E-state index contributed by atoms with van der Waals surface area (Å²) in [5.74, 6) is -1.89. The number of H-pyrrole nitrogens is 1. The lowest BCUT2D eigenvalue weighted by molar-refractivity contribution is -0.140. The lowest BCUT2D eigenvalue weighted by Gasteiger charge is -2.30. The molecular formula is C24H27N6O10P. The molecule has 1 fully saturated rings. The van der Waals surface area contributed by atoms with Crippen molar-refractivity contribution in [3.05, 3.63) is 86.0 Å². The van der Waals surface area contributed by atoms with E-state index in [1.54, 1.807) is 50.2 Å². The molecule has 0 aliphatic carbocycles. The molecule has 5 N–H and O–H groups in total. The topological polar surface area (TPSA) is 238 Å². The van der Waals surface area contributed by atoms with Crippen molar-refractivity contribution in [3.8, 4) is 5.75 Å². The molecule has 2 heterocycles. The van der Waals surface area contributed by atoms with Crippen molar-refractivity contribution in [3.63, 3.8) is 0 Å². The van der Waals surface area contributed by atoms with Gasteiger partial charge in [0.1, 0.15) is 24.0 Å². The third kappa shape index (κ3) is 6.19. The molecular weight excluding hydrogens is 563 g/mol. The van der Waals surface area contributed by atoms with E-state index in [4.69, 9.17) is 13.8 Å². The molecule has 218 valence electrons. The van der Waals surface area contributed by atoms with Crippen LogP contribution in [0.5, 0.6) is 5.75 Å². The van der Waals surface area contributed by atoms with Crippen LogP contribution in [0.1, 0.15) is 20.1 Å². The Hall–Kier alpha value is -4.01. The summed E-state index contributed by atoms with van der Waals surface area (Å²) in [6.45, 7) is 2.09. The summed E-state index contributed by atoms with van der Waals surface area (Å²) < 4.78 is 31.8. The van der Waals surface area contributed by atoms with Gasteiger partial charge in [-0.1, -0.05) is 55.4 Å². The van der Waals surface area contributed by atoms with Gasteiger partial charge in [-0.2, -0.15) is 5.09 Å². The Kier molecular flexibility index (Phi) is 8.66. The number of fused-ring (bicyclic) bond motifs is 1. The number of hydrogen-bond acceptors (Lipinski definition) is 10. The van der Waals surface area contributed by atoms with Crippen molar-refractivity contribution in [2.24, 2.45) is 11.0 Å². The van der Waals surface area contributed by atoms with Crippen molar-refractivity contribution < 1.29 is 38.5 Å². The monoisotopic (exact) mass is 590 g/mol. The van der Waals surface area contributed by atoms with Gasteiger partial charge in [-0.15, -0.1) is 0 Å². The molecule has 6 atom stereocenters. The number of aliphatic hydroxyl groups is 2. The van der Waals surface area contributed by atoms with Gasteiger partial charge in [0.2, 0.25) is 5.72 Å². The van der Waals surface area contributed by atoms with Crippen molar-refractivity contribution in [2.75, 3.05) is 6.61 Å². The van der Waals surface area contributed by atoms with E-state index < -0.39 is 67.7 Å². The summed E-state index contributed by atoms with van der Waals surface area (Å²) in [5, 5.41) is 38.3. The SMILES string of the molecule is CC(C)[C@H](NP(=O)(OC[C@@]1(N=[N+]=[N-])O[C@@H](n2ccc(=O)[nH]c2=O)[C@H](O)[C@@H]1O)Oc1cccc2ccccc12)C(=O)O. The van der Waals surface area contributed by atoms with E-state index in [1.807, 2.05) is 4.98 Å². The Morgan fingerprint density at radius 1 is 1.24 bits per heavy atom. The average Bonchev–Trinajstić information content (AvgIpc) is 3.16. The van der Waals surface area contributed by atoms with E-state index in [9.17, 15) is 39.8 Å². The average molecular weight is 590 g/mol.